The van der Waals surface area contributed by atoms with E-state index < -0.39 is 0 Å². The van der Waals surface area contributed by atoms with E-state index in [1.807, 2.05) is 34.0 Å². The van der Waals surface area contributed by atoms with E-state index in [0.29, 0.717) is 24.3 Å². The van der Waals surface area contributed by atoms with E-state index in [0.717, 1.165) is 44.3 Å². The van der Waals surface area contributed by atoms with Gasteiger partial charge in [0.15, 0.2) is 5.69 Å². The number of carbonyl (C=O) groups is 1. The maximum atomic E-state index is 12.9. The Labute approximate surface area is 141 Å². The molecule has 6 heteroatoms. The number of rotatable bonds is 5. The molecule has 0 spiro atoms. The van der Waals surface area contributed by atoms with Gasteiger partial charge in [-0.2, -0.15) is 0 Å². The maximum Gasteiger partial charge on any atom is 0.276 e. The summed E-state index contributed by atoms with van der Waals surface area (Å²) in [6.07, 6.45) is 6.07. The minimum absolute atomic E-state index is 0.00142. The van der Waals surface area contributed by atoms with Crippen molar-refractivity contribution >= 4 is 5.91 Å². The molecule has 2 aromatic rings. The van der Waals surface area contributed by atoms with Crippen LogP contribution in [0.5, 0.6) is 0 Å². The summed E-state index contributed by atoms with van der Waals surface area (Å²) in [6.45, 7) is 2.64. The number of carbonyl (C=O) groups excluding carboxylic acids is 1. The third-order valence-electron chi connectivity index (χ3n) is 4.86. The highest BCUT2D eigenvalue weighted by atomic mass is 16.2. The van der Waals surface area contributed by atoms with Gasteiger partial charge in [-0.15, -0.1) is 5.10 Å². The summed E-state index contributed by atoms with van der Waals surface area (Å²) in [6, 6.07) is 10.8. The predicted octanol–water partition coefficient (Wildman–Crippen LogP) is 2.01. The zero-order chi connectivity index (χ0) is 16.4. The third-order valence-corrected chi connectivity index (χ3v) is 4.86. The first-order valence-corrected chi connectivity index (χ1v) is 8.79. The van der Waals surface area contributed by atoms with Gasteiger partial charge in [-0.3, -0.25) is 4.79 Å². The number of nitrogens with zero attached hydrogens (tertiary/aromatic N) is 4. The average molecular weight is 325 g/mol. The number of benzene rings is 1. The number of aromatic nitrogens is 3. The number of nitrogens with one attached hydrogen (secondary N) is 1. The zero-order valence-corrected chi connectivity index (χ0v) is 13.8. The van der Waals surface area contributed by atoms with Gasteiger partial charge < -0.3 is 10.2 Å². The van der Waals surface area contributed by atoms with Crippen LogP contribution < -0.4 is 5.32 Å². The van der Waals surface area contributed by atoms with Crippen molar-refractivity contribution in [2.24, 2.45) is 0 Å². The molecule has 2 heterocycles. The highest BCUT2D eigenvalue weighted by Gasteiger charge is 2.34. The van der Waals surface area contributed by atoms with Crippen LogP contribution in [0, 0.1) is 0 Å². The van der Waals surface area contributed by atoms with Crippen LogP contribution in [0.1, 0.15) is 47.8 Å². The second-order valence-electron chi connectivity index (χ2n) is 6.71. The van der Waals surface area contributed by atoms with Gasteiger partial charge in [0, 0.05) is 12.6 Å². The largest absolute Gasteiger partial charge is 0.330 e. The van der Waals surface area contributed by atoms with Crippen molar-refractivity contribution in [2.45, 2.75) is 44.3 Å². The van der Waals surface area contributed by atoms with Gasteiger partial charge in [-0.05, 0) is 44.3 Å². The SMILES string of the molecule is O=C(c1cn(C2CCNCC2)nn1)N(Cc1ccccc1)C1CC1. The standard InChI is InChI=1S/C18H23N5O/c24-18(17-13-23(21-20-17)16-8-10-19-11-9-16)22(15-6-7-15)12-14-4-2-1-3-5-14/h1-5,13,15-16,19H,6-12H2. The predicted molar refractivity (Wildman–Crippen MR) is 90.5 cm³/mol. The van der Waals surface area contributed by atoms with Crippen LogP contribution in [0.2, 0.25) is 0 Å². The number of hydrogen-bond donors (Lipinski definition) is 1. The highest BCUT2D eigenvalue weighted by Crippen LogP contribution is 2.29. The normalized spacial score (nSPS) is 18.5. The van der Waals surface area contributed by atoms with E-state index in [9.17, 15) is 4.79 Å². The molecule has 2 fully saturated rings. The fraction of sp³-hybridized carbons (Fsp3) is 0.500. The molecule has 1 saturated heterocycles. The summed E-state index contributed by atoms with van der Waals surface area (Å²) in [5.74, 6) is 0.00142. The Bertz CT molecular complexity index is 688. The van der Waals surface area contributed by atoms with Crippen molar-refractivity contribution in [2.75, 3.05) is 13.1 Å². The smallest absolute Gasteiger partial charge is 0.276 e. The molecule has 6 nitrogen and oxygen atoms in total. The molecule has 1 aromatic carbocycles. The second kappa shape index (κ2) is 6.73. The molecule has 0 atom stereocenters. The minimum Gasteiger partial charge on any atom is -0.330 e. The molecule has 0 radical (unpaired) electrons. The number of hydrogen-bond acceptors (Lipinski definition) is 4. The lowest BCUT2D eigenvalue weighted by atomic mass is 10.1. The van der Waals surface area contributed by atoms with Crippen LogP contribution in [-0.2, 0) is 6.54 Å². The molecular weight excluding hydrogens is 302 g/mol. The first-order chi connectivity index (χ1) is 11.8. The molecule has 0 unspecified atom stereocenters. The zero-order valence-electron chi connectivity index (χ0n) is 13.8. The van der Waals surface area contributed by atoms with Crippen LogP contribution in [-0.4, -0.2) is 44.9 Å². The summed E-state index contributed by atoms with van der Waals surface area (Å²) in [4.78, 5) is 14.9. The van der Waals surface area contributed by atoms with Gasteiger partial charge in [-0.1, -0.05) is 35.5 Å². The Morgan fingerprint density at radius 3 is 2.62 bits per heavy atom. The van der Waals surface area contributed by atoms with E-state index in [1.165, 1.54) is 0 Å². The summed E-state index contributed by atoms with van der Waals surface area (Å²) in [5, 5.41) is 11.7. The van der Waals surface area contributed by atoms with Crippen LogP contribution >= 0.6 is 0 Å². The Morgan fingerprint density at radius 2 is 1.92 bits per heavy atom. The summed E-state index contributed by atoms with van der Waals surface area (Å²) >= 11 is 0. The van der Waals surface area contributed by atoms with Crippen molar-refractivity contribution in [1.29, 1.82) is 0 Å². The number of piperidine rings is 1. The molecular formula is C18H23N5O. The molecule has 0 bridgehead atoms. The van der Waals surface area contributed by atoms with Crippen molar-refractivity contribution in [3.05, 3.63) is 47.8 Å². The molecule has 1 aliphatic carbocycles. The quantitative estimate of drug-likeness (QED) is 0.913. The lowest BCUT2D eigenvalue weighted by Gasteiger charge is -2.22. The Morgan fingerprint density at radius 1 is 1.17 bits per heavy atom. The van der Waals surface area contributed by atoms with Crippen LogP contribution in [0.15, 0.2) is 36.5 Å². The van der Waals surface area contributed by atoms with Gasteiger partial charge in [0.1, 0.15) is 0 Å². The molecule has 1 saturated carbocycles. The van der Waals surface area contributed by atoms with E-state index in [2.05, 4.69) is 27.8 Å². The molecule has 1 N–H and O–H groups in total. The highest BCUT2D eigenvalue weighted by molar-refractivity contribution is 5.92. The van der Waals surface area contributed by atoms with E-state index in [1.54, 1.807) is 0 Å². The van der Waals surface area contributed by atoms with E-state index >= 15 is 0 Å². The third kappa shape index (κ3) is 3.33. The van der Waals surface area contributed by atoms with Gasteiger partial charge in [-0.25, -0.2) is 4.68 Å². The Balaban J connectivity index is 1.49. The first-order valence-electron chi connectivity index (χ1n) is 8.79. The Hall–Kier alpha value is -2.21. The minimum atomic E-state index is 0.00142. The topological polar surface area (TPSA) is 63.1 Å². The maximum absolute atomic E-state index is 12.9. The first kappa shape index (κ1) is 15.3. The monoisotopic (exact) mass is 325 g/mol. The van der Waals surface area contributed by atoms with Crippen LogP contribution in [0.4, 0.5) is 0 Å². The lowest BCUT2D eigenvalue weighted by molar-refractivity contribution is 0.0723. The molecule has 4 rings (SSSR count). The molecule has 1 amide bonds. The van der Waals surface area contributed by atoms with Gasteiger partial charge in [0.25, 0.3) is 5.91 Å². The van der Waals surface area contributed by atoms with Crippen molar-refractivity contribution in [3.63, 3.8) is 0 Å². The summed E-state index contributed by atoms with van der Waals surface area (Å²) in [5.41, 5.74) is 1.62. The second-order valence-corrected chi connectivity index (χ2v) is 6.71. The molecule has 1 aromatic heterocycles. The van der Waals surface area contributed by atoms with Crippen molar-refractivity contribution in [3.8, 4) is 0 Å². The van der Waals surface area contributed by atoms with Crippen LogP contribution in [0.3, 0.4) is 0 Å². The van der Waals surface area contributed by atoms with Gasteiger partial charge in [0.2, 0.25) is 0 Å². The number of amides is 1. The van der Waals surface area contributed by atoms with Crippen molar-refractivity contribution < 1.29 is 4.79 Å². The average Bonchev–Trinajstić information content (AvgIpc) is 3.36. The van der Waals surface area contributed by atoms with Gasteiger partial charge in [0.05, 0.1) is 12.2 Å². The Kier molecular flexibility index (Phi) is 4.30. The fourth-order valence-corrected chi connectivity index (χ4v) is 3.30. The van der Waals surface area contributed by atoms with E-state index in [4.69, 9.17) is 0 Å². The summed E-state index contributed by atoms with van der Waals surface area (Å²) in [7, 11) is 0. The van der Waals surface area contributed by atoms with Crippen molar-refractivity contribution in [1.82, 2.24) is 25.2 Å². The van der Waals surface area contributed by atoms with Crippen LogP contribution in [0.25, 0.3) is 0 Å². The molecule has 126 valence electrons. The molecule has 1 aliphatic heterocycles. The summed E-state index contributed by atoms with van der Waals surface area (Å²) < 4.78 is 1.88. The molecule has 2 aliphatic rings. The fourth-order valence-electron chi connectivity index (χ4n) is 3.30. The lowest BCUT2D eigenvalue weighted by Crippen LogP contribution is -2.33. The van der Waals surface area contributed by atoms with Gasteiger partial charge >= 0.3 is 0 Å². The molecule has 24 heavy (non-hydrogen) atoms. The van der Waals surface area contributed by atoms with E-state index in [-0.39, 0.29) is 5.91 Å².